The average Bonchev–Trinajstić information content (AvgIpc) is 3.15. The Bertz CT molecular complexity index is 1140. The van der Waals surface area contributed by atoms with Gasteiger partial charge in [-0.1, -0.05) is 67.0 Å². The molecule has 0 bridgehead atoms. The van der Waals surface area contributed by atoms with E-state index in [-0.39, 0.29) is 22.6 Å². The number of nitrogens with one attached hydrogen (secondary N) is 1. The van der Waals surface area contributed by atoms with E-state index >= 15 is 0 Å². The zero-order chi connectivity index (χ0) is 22.9. The van der Waals surface area contributed by atoms with Crippen molar-refractivity contribution in [1.82, 2.24) is 0 Å². The maximum absolute atomic E-state index is 12.7. The fourth-order valence-electron chi connectivity index (χ4n) is 3.64. The lowest BCUT2D eigenvalue weighted by atomic mass is 9.87. The van der Waals surface area contributed by atoms with Gasteiger partial charge < -0.3 is 5.32 Å². The first kappa shape index (κ1) is 22.6. The third-order valence-corrected chi connectivity index (χ3v) is 7.13. The molecule has 1 atom stereocenters. The first-order valence-electron chi connectivity index (χ1n) is 10.4. The van der Waals surface area contributed by atoms with Crippen LogP contribution in [-0.2, 0) is 10.2 Å². The van der Waals surface area contributed by atoms with Gasteiger partial charge in [-0.2, -0.15) is 0 Å². The van der Waals surface area contributed by atoms with Crippen LogP contribution >= 0.6 is 27.7 Å². The van der Waals surface area contributed by atoms with Crippen LogP contribution in [0.2, 0.25) is 0 Å². The average molecular weight is 509 g/mol. The van der Waals surface area contributed by atoms with Crippen molar-refractivity contribution in [2.75, 3.05) is 16.0 Å². The van der Waals surface area contributed by atoms with Gasteiger partial charge in [-0.15, -0.1) is 11.8 Å². The molecule has 0 radical (unpaired) electrons. The highest BCUT2D eigenvalue weighted by atomic mass is 79.9. The lowest BCUT2D eigenvalue weighted by Crippen LogP contribution is -2.28. The van der Waals surface area contributed by atoms with Crippen LogP contribution in [0.3, 0.4) is 0 Å². The van der Waals surface area contributed by atoms with Crippen molar-refractivity contribution >= 4 is 50.9 Å². The van der Waals surface area contributed by atoms with E-state index in [9.17, 15) is 9.59 Å². The van der Waals surface area contributed by atoms with Gasteiger partial charge in [0.1, 0.15) is 5.37 Å². The standard InChI is InChI=1S/C26H25BrN2O2S/c1-26(2,3)19-9-13-22(14-10-19)29-23(30)16-32-25(29)17-7-11-21(12-8-17)28-24(31)18-5-4-6-20(27)15-18/h4-15,25H,16H2,1-3H3,(H,28,31)/t25-/m0/s1. The Hall–Kier alpha value is -2.57. The summed E-state index contributed by atoms with van der Waals surface area (Å²) in [7, 11) is 0. The molecule has 1 saturated heterocycles. The summed E-state index contributed by atoms with van der Waals surface area (Å²) >= 11 is 5.01. The van der Waals surface area contributed by atoms with Gasteiger partial charge in [0.25, 0.3) is 5.91 Å². The quantitative estimate of drug-likeness (QED) is 0.422. The highest BCUT2D eigenvalue weighted by molar-refractivity contribution is 9.10. The van der Waals surface area contributed by atoms with Gasteiger partial charge in [0.05, 0.1) is 5.75 Å². The Morgan fingerprint density at radius 1 is 1.03 bits per heavy atom. The number of hydrogen-bond donors (Lipinski definition) is 1. The SMILES string of the molecule is CC(C)(C)c1ccc(N2C(=O)CS[C@H]2c2ccc(NC(=O)c3cccc(Br)c3)cc2)cc1. The predicted molar refractivity (Wildman–Crippen MR) is 136 cm³/mol. The zero-order valence-electron chi connectivity index (χ0n) is 18.3. The van der Waals surface area contributed by atoms with Gasteiger partial charge in [0, 0.05) is 21.4 Å². The molecule has 0 aliphatic carbocycles. The zero-order valence-corrected chi connectivity index (χ0v) is 20.7. The van der Waals surface area contributed by atoms with Gasteiger partial charge in [0.15, 0.2) is 0 Å². The second kappa shape index (κ2) is 9.12. The number of carbonyl (C=O) groups is 2. The minimum Gasteiger partial charge on any atom is -0.322 e. The molecular weight excluding hydrogens is 484 g/mol. The number of rotatable bonds is 4. The smallest absolute Gasteiger partial charge is 0.255 e. The summed E-state index contributed by atoms with van der Waals surface area (Å²) in [6.45, 7) is 6.54. The van der Waals surface area contributed by atoms with Crippen LogP contribution in [0.25, 0.3) is 0 Å². The number of amides is 2. The van der Waals surface area contributed by atoms with Crippen molar-refractivity contribution in [1.29, 1.82) is 0 Å². The molecule has 0 saturated carbocycles. The second-order valence-electron chi connectivity index (χ2n) is 8.81. The number of halogens is 1. The molecule has 4 nitrogen and oxygen atoms in total. The molecule has 0 aromatic heterocycles. The molecule has 0 spiro atoms. The molecule has 1 fully saturated rings. The molecule has 164 valence electrons. The molecule has 32 heavy (non-hydrogen) atoms. The van der Waals surface area contributed by atoms with E-state index in [2.05, 4.69) is 54.2 Å². The molecule has 6 heteroatoms. The maximum Gasteiger partial charge on any atom is 0.255 e. The summed E-state index contributed by atoms with van der Waals surface area (Å²) in [6, 6.07) is 23.3. The van der Waals surface area contributed by atoms with Crippen LogP contribution in [0.5, 0.6) is 0 Å². The molecule has 3 aromatic rings. The number of anilines is 2. The van der Waals surface area contributed by atoms with Crippen LogP contribution in [0, 0.1) is 0 Å². The van der Waals surface area contributed by atoms with E-state index in [0.29, 0.717) is 17.0 Å². The summed E-state index contributed by atoms with van der Waals surface area (Å²) in [5.74, 6) is 0.396. The van der Waals surface area contributed by atoms with Crippen molar-refractivity contribution in [2.45, 2.75) is 31.6 Å². The topological polar surface area (TPSA) is 49.4 Å². The molecular formula is C26H25BrN2O2S. The third-order valence-electron chi connectivity index (χ3n) is 5.42. The minimum absolute atomic E-state index is 0.0673. The van der Waals surface area contributed by atoms with Crippen molar-refractivity contribution in [3.63, 3.8) is 0 Å². The summed E-state index contributed by atoms with van der Waals surface area (Å²) in [4.78, 5) is 27.0. The number of benzene rings is 3. The summed E-state index contributed by atoms with van der Waals surface area (Å²) in [5, 5.41) is 2.84. The summed E-state index contributed by atoms with van der Waals surface area (Å²) < 4.78 is 0.860. The Kier molecular flexibility index (Phi) is 6.45. The van der Waals surface area contributed by atoms with E-state index in [1.165, 1.54) is 5.56 Å². The first-order chi connectivity index (χ1) is 15.2. The first-order valence-corrected chi connectivity index (χ1v) is 12.3. The van der Waals surface area contributed by atoms with Crippen LogP contribution in [0.1, 0.15) is 47.6 Å². The van der Waals surface area contributed by atoms with E-state index in [1.54, 1.807) is 23.9 Å². The van der Waals surface area contributed by atoms with Gasteiger partial charge >= 0.3 is 0 Å². The Balaban J connectivity index is 1.51. The van der Waals surface area contributed by atoms with Crippen molar-refractivity contribution in [2.24, 2.45) is 0 Å². The van der Waals surface area contributed by atoms with E-state index in [0.717, 1.165) is 15.7 Å². The molecule has 4 rings (SSSR count). The molecule has 1 heterocycles. The molecule has 2 amide bonds. The van der Waals surface area contributed by atoms with Gasteiger partial charge in [-0.05, 0) is 59.0 Å². The molecule has 0 unspecified atom stereocenters. The minimum atomic E-state index is -0.162. The Labute approximate surface area is 201 Å². The normalized spacial score (nSPS) is 16.3. The van der Waals surface area contributed by atoms with Gasteiger partial charge in [-0.25, -0.2) is 0 Å². The second-order valence-corrected chi connectivity index (χ2v) is 10.8. The maximum atomic E-state index is 12.7. The Morgan fingerprint density at radius 2 is 1.72 bits per heavy atom. The monoisotopic (exact) mass is 508 g/mol. The fraction of sp³-hybridized carbons (Fsp3) is 0.231. The number of thioether (sulfide) groups is 1. The van der Waals surface area contributed by atoms with Crippen LogP contribution in [-0.4, -0.2) is 17.6 Å². The van der Waals surface area contributed by atoms with Crippen molar-refractivity contribution in [3.8, 4) is 0 Å². The lowest BCUT2D eigenvalue weighted by Gasteiger charge is -2.26. The van der Waals surface area contributed by atoms with E-state index < -0.39 is 0 Å². The predicted octanol–water partition coefficient (Wildman–Crippen LogP) is 6.78. The number of hydrogen-bond acceptors (Lipinski definition) is 3. The van der Waals surface area contributed by atoms with E-state index in [4.69, 9.17) is 0 Å². The van der Waals surface area contributed by atoms with Gasteiger partial charge in [0.2, 0.25) is 5.91 Å². The Morgan fingerprint density at radius 3 is 2.34 bits per heavy atom. The fourth-order valence-corrected chi connectivity index (χ4v) is 5.21. The van der Waals surface area contributed by atoms with Crippen LogP contribution < -0.4 is 10.2 Å². The van der Waals surface area contributed by atoms with E-state index in [1.807, 2.05) is 53.4 Å². The van der Waals surface area contributed by atoms with Crippen LogP contribution in [0.4, 0.5) is 11.4 Å². The third kappa shape index (κ3) is 4.92. The van der Waals surface area contributed by atoms with Crippen molar-refractivity contribution in [3.05, 3.63) is 94.0 Å². The number of carbonyl (C=O) groups excluding carboxylic acids is 2. The number of nitrogens with zero attached hydrogens (tertiary/aromatic N) is 1. The summed E-state index contributed by atoms with van der Waals surface area (Å²) in [6.07, 6.45) is 0. The molecule has 3 aromatic carbocycles. The van der Waals surface area contributed by atoms with Crippen molar-refractivity contribution < 1.29 is 9.59 Å². The summed E-state index contributed by atoms with van der Waals surface area (Å²) in [5.41, 5.74) is 4.55. The van der Waals surface area contributed by atoms with Crippen LogP contribution in [0.15, 0.2) is 77.3 Å². The molecule has 1 aliphatic heterocycles. The molecule has 1 aliphatic rings. The highest BCUT2D eigenvalue weighted by Gasteiger charge is 2.34. The molecule has 1 N–H and O–H groups in total. The largest absolute Gasteiger partial charge is 0.322 e. The lowest BCUT2D eigenvalue weighted by molar-refractivity contribution is -0.115. The highest BCUT2D eigenvalue weighted by Crippen LogP contribution is 2.42. The van der Waals surface area contributed by atoms with Gasteiger partial charge in [-0.3, -0.25) is 14.5 Å².